The molecule has 168 valence electrons. The minimum absolute atomic E-state index is 0.0401. The Hall–Kier alpha value is -2.29. The molecule has 4 rings (SSSR count). The summed E-state index contributed by atoms with van der Waals surface area (Å²) in [7, 11) is -1.36. The van der Waals surface area contributed by atoms with E-state index in [2.05, 4.69) is 9.55 Å². The molecule has 2 aromatic carbocycles. The van der Waals surface area contributed by atoms with Crippen LogP contribution in [-0.2, 0) is 14.6 Å². The van der Waals surface area contributed by atoms with E-state index in [0.29, 0.717) is 16.6 Å². The molecule has 0 N–H and O–H groups in total. The van der Waals surface area contributed by atoms with Gasteiger partial charge in [0, 0.05) is 23.7 Å². The first-order valence-electron chi connectivity index (χ1n) is 10.2. The van der Waals surface area contributed by atoms with Gasteiger partial charge in [-0.05, 0) is 37.1 Å². The zero-order chi connectivity index (χ0) is 22.9. The van der Waals surface area contributed by atoms with Crippen LogP contribution in [0.3, 0.4) is 0 Å². The van der Waals surface area contributed by atoms with Gasteiger partial charge in [0.25, 0.3) is 0 Å². The van der Waals surface area contributed by atoms with Crippen molar-refractivity contribution >= 4 is 39.1 Å². The minimum Gasteiger partial charge on any atom is -0.341 e. The van der Waals surface area contributed by atoms with Gasteiger partial charge in [0.05, 0.1) is 34.8 Å². The van der Waals surface area contributed by atoms with Gasteiger partial charge in [-0.1, -0.05) is 53.7 Å². The Balaban J connectivity index is 1.61. The first-order valence-corrected chi connectivity index (χ1v) is 13.4. The smallest absolute Gasteiger partial charge is 0.233 e. The molecular weight excluding hydrogens is 466 g/mol. The van der Waals surface area contributed by atoms with Crippen LogP contribution in [0.2, 0.25) is 5.02 Å². The number of aryl methyl sites for hydroxylation is 1. The van der Waals surface area contributed by atoms with Crippen molar-refractivity contribution in [2.75, 3.05) is 24.3 Å². The van der Waals surface area contributed by atoms with Crippen molar-refractivity contribution in [3.63, 3.8) is 0 Å². The average Bonchev–Trinajstić information content (AvgIpc) is 3.35. The van der Waals surface area contributed by atoms with E-state index in [9.17, 15) is 13.2 Å². The number of carbonyl (C=O) groups excluding carboxylic acids is 1. The van der Waals surface area contributed by atoms with E-state index in [4.69, 9.17) is 11.6 Å². The molecular formula is C23H24ClN3O3S2. The number of imidazole rings is 1. The molecule has 1 aliphatic rings. The number of para-hydroxylation sites is 1. The van der Waals surface area contributed by atoms with Crippen molar-refractivity contribution in [3.8, 4) is 16.9 Å². The molecule has 6 nitrogen and oxygen atoms in total. The monoisotopic (exact) mass is 489 g/mol. The first kappa shape index (κ1) is 22.9. The molecule has 1 atom stereocenters. The molecule has 1 aromatic heterocycles. The van der Waals surface area contributed by atoms with E-state index in [1.807, 2.05) is 55.5 Å². The summed E-state index contributed by atoms with van der Waals surface area (Å²) in [5, 5.41) is 1.36. The van der Waals surface area contributed by atoms with Gasteiger partial charge in [-0.2, -0.15) is 0 Å². The lowest BCUT2D eigenvalue weighted by atomic mass is 10.1. The van der Waals surface area contributed by atoms with E-state index in [-0.39, 0.29) is 29.2 Å². The second kappa shape index (κ2) is 9.29. The third kappa shape index (κ3) is 4.87. The molecule has 1 saturated heterocycles. The number of carbonyl (C=O) groups is 1. The zero-order valence-electron chi connectivity index (χ0n) is 17.9. The summed E-state index contributed by atoms with van der Waals surface area (Å²) in [5.41, 5.74) is 3.94. The first-order chi connectivity index (χ1) is 15.2. The van der Waals surface area contributed by atoms with E-state index < -0.39 is 9.84 Å². The Morgan fingerprint density at radius 2 is 1.94 bits per heavy atom. The van der Waals surface area contributed by atoms with E-state index in [1.54, 1.807) is 18.1 Å². The Labute approximate surface area is 197 Å². The highest BCUT2D eigenvalue weighted by Crippen LogP contribution is 2.32. The fourth-order valence-corrected chi connectivity index (χ4v) is 6.63. The molecule has 32 heavy (non-hydrogen) atoms. The van der Waals surface area contributed by atoms with Gasteiger partial charge >= 0.3 is 0 Å². The summed E-state index contributed by atoms with van der Waals surface area (Å²) in [5.74, 6) is 0.253. The largest absolute Gasteiger partial charge is 0.341 e. The van der Waals surface area contributed by atoms with Gasteiger partial charge in [-0.15, -0.1) is 0 Å². The molecule has 0 aliphatic carbocycles. The SMILES string of the molecule is Cc1ccccc1-n1c(-c2ccc(Cl)cc2)cnc1SCC(=O)N(C)[C@@H]1CCS(=O)(=O)C1. The molecule has 1 aliphatic heterocycles. The Morgan fingerprint density at radius 1 is 1.22 bits per heavy atom. The van der Waals surface area contributed by atoms with Gasteiger partial charge in [0.2, 0.25) is 5.91 Å². The molecule has 0 saturated carbocycles. The summed E-state index contributed by atoms with van der Waals surface area (Å²) in [4.78, 5) is 19.0. The molecule has 1 fully saturated rings. The zero-order valence-corrected chi connectivity index (χ0v) is 20.3. The lowest BCUT2D eigenvalue weighted by Crippen LogP contribution is -2.38. The maximum atomic E-state index is 12.8. The molecule has 0 unspecified atom stereocenters. The minimum atomic E-state index is -3.05. The molecule has 0 radical (unpaired) electrons. The lowest BCUT2D eigenvalue weighted by Gasteiger charge is -2.23. The normalized spacial score (nSPS) is 17.4. The highest BCUT2D eigenvalue weighted by Gasteiger charge is 2.32. The number of aromatic nitrogens is 2. The number of halogens is 1. The average molecular weight is 490 g/mol. The summed E-state index contributed by atoms with van der Waals surface area (Å²) in [6.45, 7) is 2.04. The van der Waals surface area contributed by atoms with E-state index in [0.717, 1.165) is 22.5 Å². The fourth-order valence-electron chi connectivity index (χ4n) is 3.82. The predicted octanol–water partition coefficient (Wildman–Crippen LogP) is 4.24. The molecule has 3 aromatic rings. The molecule has 0 spiro atoms. The maximum absolute atomic E-state index is 12.8. The number of benzene rings is 2. The van der Waals surface area contributed by atoms with Crippen LogP contribution in [0, 0.1) is 6.92 Å². The van der Waals surface area contributed by atoms with Crippen LogP contribution in [0.15, 0.2) is 59.9 Å². The van der Waals surface area contributed by atoms with Gasteiger partial charge in [-0.25, -0.2) is 13.4 Å². The quantitative estimate of drug-likeness (QED) is 0.484. The van der Waals surface area contributed by atoms with Crippen molar-refractivity contribution in [1.82, 2.24) is 14.5 Å². The van der Waals surface area contributed by atoms with E-state index in [1.165, 1.54) is 11.8 Å². The summed E-state index contributed by atoms with van der Waals surface area (Å²) >= 11 is 7.42. The Bertz CT molecular complexity index is 1240. The Morgan fingerprint density at radius 3 is 2.59 bits per heavy atom. The van der Waals surface area contributed by atoms with Crippen LogP contribution in [-0.4, -0.2) is 59.1 Å². The predicted molar refractivity (Wildman–Crippen MR) is 129 cm³/mol. The van der Waals surface area contributed by atoms with Gasteiger partial charge in [-0.3, -0.25) is 9.36 Å². The van der Waals surface area contributed by atoms with Crippen molar-refractivity contribution in [3.05, 3.63) is 65.3 Å². The number of hydrogen-bond acceptors (Lipinski definition) is 5. The van der Waals surface area contributed by atoms with Crippen molar-refractivity contribution in [1.29, 1.82) is 0 Å². The molecule has 0 bridgehead atoms. The summed E-state index contributed by atoms with van der Waals surface area (Å²) in [6, 6.07) is 15.3. The summed E-state index contributed by atoms with van der Waals surface area (Å²) in [6.07, 6.45) is 2.30. The van der Waals surface area contributed by atoms with Crippen LogP contribution in [0.25, 0.3) is 16.9 Å². The maximum Gasteiger partial charge on any atom is 0.233 e. The summed E-state index contributed by atoms with van der Waals surface area (Å²) < 4.78 is 25.6. The van der Waals surface area contributed by atoms with Crippen molar-refractivity contribution in [2.45, 2.75) is 24.5 Å². The van der Waals surface area contributed by atoms with Gasteiger partial charge in [0.15, 0.2) is 15.0 Å². The van der Waals surface area contributed by atoms with Crippen LogP contribution in [0.5, 0.6) is 0 Å². The standard InChI is InChI=1S/C23H24ClN3O3S2/c1-16-5-3-4-6-20(16)27-21(17-7-9-18(24)10-8-17)13-25-23(27)31-14-22(28)26(2)19-11-12-32(29,30)15-19/h3-10,13,19H,11-12,14-15H2,1-2H3/t19-/m1/s1. The van der Waals surface area contributed by atoms with Gasteiger partial charge in [0.1, 0.15) is 0 Å². The third-order valence-electron chi connectivity index (χ3n) is 5.70. The van der Waals surface area contributed by atoms with Crippen LogP contribution < -0.4 is 0 Å². The number of amides is 1. The number of rotatable bonds is 6. The van der Waals surface area contributed by atoms with E-state index >= 15 is 0 Å². The highest BCUT2D eigenvalue weighted by atomic mass is 35.5. The van der Waals surface area contributed by atoms with Crippen molar-refractivity contribution in [2.24, 2.45) is 0 Å². The topological polar surface area (TPSA) is 72.3 Å². The number of hydrogen-bond donors (Lipinski definition) is 0. The fraction of sp³-hybridized carbons (Fsp3) is 0.304. The Kier molecular flexibility index (Phi) is 6.65. The number of sulfone groups is 1. The number of thioether (sulfide) groups is 1. The number of nitrogens with zero attached hydrogens (tertiary/aromatic N) is 3. The van der Waals surface area contributed by atoms with Crippen LogP contribution in [0.1, 0.15) is 12.0 Å². The van der Waals surface area contributed by atoms with Crippen molar-refractivity contribution < 1.29 is 13.2 Å². The highest BCUT2D eigenvalue weighted by molar-refractivity contribution is 7.99. The second-order valence-electron chi connectivity index (χ2n) is 7.90. The molecule has 1 amide bonds. The lowest BCUT2D eigenvalue weighted by molar-refractivity contribution is -0.128. The second-order valence-corrected chi connectivity index (χ2v) is 11.5. The third-order valence-corrected chi connectivity index (χ3v) is 8.64. The molecule has 2 heterocycles. The van der Waals surface area contributed by atoms with Crippen LogP contribution in [0.4, 0.5) is 0 Å². The van der Waals surface area contributed by atoms with Gasteiger partial charge < -0.3 is 4.90 Å². The van der Waals surface area contributed by atoms with Crippen LogP contribution >= 0.6 is 23.4 Å². The molecule has 9 heteroatoms.